The van der Waals surface area contributed by atoms with Gasteiger partial charge in [-0.25, -0.2) is 0 Å². The second kappa shape index (κ2) is 5.48. The Kier molecular flexibility index (Phi) is 4.22. The van der Waals surface area contributed by atoms with Crippen LogP contribution in [0.3, 0.4) is 0 Å². The van der Waals surface area contributed by atoms with E-state index in [2.05, 4.69) is 36.0 Å². The first kappa shape index (κ1) is 12.3. The van der Waals surface area contributed by atoms with Crippen LogP contribution < -0.4 is 5.32 Å². The number of rotatable bonds is 2. The van der Waals surface area contributed by atoms with Crippen molar-refractivity contribution in [3.05, 3.63) is 0 Å². The Morgan fingerprint density at radius 1 is 1.12 bits per heavy atom. The fourth-order valence-corrected chi connectivity index (χ4v) is 3.05. The maximum Gasteiger partial charge on any atom is 0.0195 e. The summed E-state index contributed by atoms with van der Waals surface area (Å²) < 4.78 is 0. The Morgan fingerprint density at radius 2 is 1.81 bits per heavy atom. The van der Waals surface area contributed by atoms with Gasteiger partial charge in [0.05, 0.1) is 0 Å². The van der Waals surface area contributed by atoms with Gasteiger partial charge < -0.3 is 5.32 Å². The Bertz CT molecular complexity index is 201. The van der Waals surface area contributed by atoms with E-state index in [-0.39, 0.29) is 0 Å². The summed E-state index contributed by atoms with van der Waals surface area (Å²) in [5.41, 5.74) is 0. The fourth-order valence-electron chi connectivity index (χ4n) is 3.05. The van der Waals surface area contributed by atoms with E-state index in [0.29, 0.717) is 12.1 Å². The van der Waals surface area contributed by atoms with E-state index < -0.39 is 0 Å². The second-order valence-corrected chi connectivity index (χ2v) is 5.73. The lowest BCUT2D eigenvalue weighted by Crippen LogP contribution is -2.57. The Morgan fingerprint density at radius 3 is 2.38 bits per heavy atom. The standard InChI is InChI=1S/C13H27N3/c1-11-8-16(9-12(2)15(11)3)10-13-6-4-5-7-14-13/h11-14H,4-10H2,1-3H3. The van der Waals surface area contributed by atoms with Crippen molar-refractivity contribution < 1.29 is 0 Å². The molecule has 94 valence electrons. The van der Waals surface area contributed by atoms with Crippen LogP contribution in [0.5, 0.6) is 0 Å². The van der Waals surface area contributed by atoms with Crippen molar-refractivity contribution in [2.45, 2.75) is 51.2 Å². The van der Waals surface area contributed by atoms with Gasteiger partial charge in [-0.2, -0.15) is 0 Å². The second-order valence-electron chi connectivity index (χ2n) is 5.73. The minimum Gasteiger partial charge on any atom is -0.313 e. The highest BCUT2D eigenvalue weighted by molar-refractivity contribution is 4.85. The average Bonchev–Trinajstić information content (AvgIpc) is 2.27. The maximum atomic E-state index is 3.65. The summed E-state index contributed by atoms with van der Waals surface area (Å²) in [5.74, 6) is 0. The predicted molar refractivity (Wildman–Crippen MR) is 68.8 cm³/mol. The Labute approximate surface area is 100 Å². The number of nitrogens with one attached hydrogen (secondary N) is 1. The fraction of sp³-hybridized carbons (Fsp3) is 1.00. The van der Waals surface area contributed by atoms with Crippen LogP contribution in [0.15, 0.2) is 0 Å². The van der Waals surface area contributed by atoms with E-state index in [1.54, 1.807) is 0 Å². The van der Waals surface area contributed by atoms with Gasteiger partial charge in [0.1, 0.15) is 0 Å². The number of nitrogens with zero attached hydrogens (tertiary/aromatic N) is 2. The SMILES string of the molecule is CC1CN(CC2CCCCN2)CC(C)N1C. The zero-order chi connectivity index (χ0) is 11.5. The molecule has 2 rings (SSSR count). The van der Waals surface area contributed by atoms with E-state index in [1.807, 2.05) is 0 Å². The summed E-state index contributed by atoms with van der Waals surface area (Å²) in [4.78, 5) is 5.16. The van der Waals surface area contributed by atoms with Crippen molar-refractivity contribution in [3.63, 3.8) is 0 Å². The quantitative estimate of drug-likeness (QED) is 0.760. The van der Waals surface area contributed by atoms with Gasteiger partial charge in [0.25, 0.3) is 0 Å². The monoisotopic (exact) mass is 225 g/mol. The van der Waals surface area contributed by atoms with Gasteiger partial charge in [-0.05, 0) is 40.3 Å². The van der Waals surface area contributed by atoms with Crippen LogP contribution in [0.2, 0.25) is 0 Å². The van der Waals surface area contributed by atoms with Crippen LogP contribution in [-0.2, 0) is 0 Å². The zero-order valence-corrected chi connectivity index (χ0v) is 11.1. The molecule has 3 heteroatoms. The zero-order valence-electron chi connectivity index (χ0n) is 11.1. The summed E-state index contributed by atoms with van der Waals surface area (Å²) >= 11 is 0. The molecule has 0 amide bonds. The van der Waals surface area contributed by atoms with Gasteiger partial charge in [0, 0.05) is 37.8 Å². The molecule has 2 saturated heterocycles. The molecule has 0 aromatic heterocycles. The third-order valence-electron chi connectivity index (χ3n) is 4.33. The minimum atomic E-state index is 0.701. The molecule has 2 heterocycles. The number of hydrogen-bond donors (Lipinski definition) is 1. The van der Waals surface area contributed by atoms with Crippen molar-refractivity contribution in [1.82, 2.24) is 15.1 Å². The molecule has 0 aromatic rings. The topological polar surface area (TPSA) is 18.5 Å². The van der Waals surface area contributed by atoms with E-state index in [9.17, 15) is 0 Å². The van der Waals surface area contributed by atoms with Crippen LogP contribution in [-0.4, -0.2) is 61.2 Å². The first-order valence-corrected chi connectivity index (χ1v) is 6.84. The summed E-state index contributed by atoms with van der Waals surface area (Å²) in [6.45, 7) is 9.64. The van der Waals surface area contributed by atoms with Gasteiger partial charge in [0.15, 0.2) is 0 Å². The molecule has 3 unspecified atom stereocenters. The molecule has 0 aromatic carbocycles. The van der Waals surface area contributed by atoms with Crippen LogP contribution in [0.25, 0.3) is 0 Å². The third-order valence-corrected chi connectivity index (χ3v) is 4.33. The van der Waals surface area contributed by atoms with Crippen molar-refractivity contribution >= 4 is 0 Å². The predicted octanol–water partition coefficient (Wildman–Crippen LogP) is 1.15. The Hall–Kier alpha value is -0.120. The molecular weight excluding hydrogens is 198 g/mol. The van der Waals surface area contributed by atoms with Crippen LogP contribution >= 0.6 is 0 Å². The number of piperazine rings is 1. The normalized spacial score (nSPS) is 38.8. The molecule has 16 heavy (non-hydrogen) atoms. The third kappa shape index (κ3) is 2.96. The van der Waals surface area contributed by atoms with Gasteiger partial charge in [-0.15, -0.1) is 0 Å². The number of piperidine rings is 1. The highest BCUT2D eigenvalue weighted by atomic mass is 15.3. The highest BCUT2D eigenvalue weighted by Crippen LogP contribution is 2.15. The molecule has 3 nitrogen and oxygen atoms in total. The lowest BCUT2D eigenvalue weighted by molar-refractivity contribution is 0.0523. The van der Waals surface area contributed by atoms with Crippen molar-refractivity contribution in [2.24, 2.45) is 0 Å². The highest BCUT2D eigenvalue weighted by Gasteiger charge is 2.27. The summed E-state index contributed by atoms with van der Waals surface area (Å²) in [7, 11) is 2.26. The lowest BCUT2D eigenvalue weighted by Gasteiger charge is -2.44. The molecule has 0 aliphatic carbocycles. The molecule has 1 N–H and O–H groups in total. The van der Waals surface area contributed by atoms with Crippen LogP contribution in [0, 0.1) is 0 Å². The maximum absolute atomic E-state index is 3.65. The van der Waals surface area contributed by atoms with Crippen molar-refractivity contribution in [2.75, 3.05) is 33.2 Å². The van der Waals surface area contributed by atoms with E-state index in [1.165, 1.54) is 45.4 Å². The van der Waals surface area contributed by atoms with Gasteiger partial charge >= 0.3 is 0 Å². The van der Waals surface area contributed by atoms with Crippen LogP contribution in [0.1, 0.15) is 33.1 Å². The molecule has 0 radical (unpaired) electrons. The van der Waals surface area contributed by atoms with Crippen molar-refractivity contribution in [3.8, 4) is 0 Å². The van der Waals surface area contributed by atoms with E-state index >= 15 is 0 Å². The molecule has 2 aliphatic rings. The molecule has 0 spiro atoms. The smallest absolute Gasteiger partial charge is 0.0195 e. The van der Waals surface area contributed by atoms with Crippen molar-refractivity contribution in [1.29, 1.82) is 0 Å². The molecule has 2 aliphatic heterocycles. The number of likely N-dealkylation sites (N-methyl/N-ethyl adjacent to an activating group) is 1. The molecule has 0 saturated carbocycles. The summed E-state index contributed by atoms with van der Waals surface area (Å²) in [5, 5.41) is 3.65. The number of hydrogen-bond acceptors (Lipinski definition) is 3. The summed E-state index contributed by atoms with van der Waals surface area (Å²) in [6.07, 6.45) is 4.15. The van der Waals surface area contributed by atoms with E-state index in [4.69, 9.17) is 0 Å². The van der Waals surface area contributed by atoms with E-state index in [0.717, 1.165) is 6.04 Å². The molecule has 0 bridgehead atoms. The first-order chi connectivity index (χ1) is 7.66. The first-order valence-electron chi connectivity index (χ1n) is 6.84. The molecular formula is C13H27N3. The minimum absolute atomic E-state index is 0.701. The van der Waals surface area contributed by atoms with Gasteiger partial charge in [-0.1, -0.05) is 6.42 Å². The lowest BCUT2D eigenvalue weighted by atomic mass is 10.0. The molecule has 3 atom stereocenters. The largest absolute Gasteiger partial charge is 0.313 e. The average molecular weight is 225 g/mol. The molecule has 2 fully saturated rings. The van der Waals surface area contributed by atoms with Crippen LogP contribution in [0.4, 0.5) is 0 Å². The summed E-state index contributed by atoms with van der Waals surface area (Å²) in [6, 6.07) is 2.15. The Balaban J connectivity index is 1.81. The van der Waals surface area contributed by atoms with Gasteiger partial charge in [-0.3, -0.25) is 9.80 Å². The van der Waals surface area contributed by atoms with Gasteiger partial charge in [0.2, 0.25) is 0 Å².